The topological polar surface area (TPSA) is 75.4 Å². The van der Waals surface area contributed by atoms with Crippen molar-refractivity contribution in [3.05, 3.63) is 0 Å². The summed E-state index contributed by atoms with van der Waals surface area (Å²) in [5.74, 6) is 0.145. The van der Waals surface area contributed by atoms with Crippen molar-refractivity contribution in [3.8, 4) is 0 Å². The van der Waals surface area contributed by atoms with Crippen LogP contribution in [0.4, 0.5) is 0 Å². The molecule has 92 valence electrons. The Morgan fingerprint density at radius 2 is 2.20 bits per heavy atom. The molecule has 3 N–H and O–H groups in total. The van der Waals surface area contributed by atoms with Crippen molar-refractivity contribution >= 4 is 22.4 Å². The minimum absolute atomic E-state index is 0. The zero-order valence-corrected chi connectivity index (χ0v) is 10.6. The van der Waals surface area contributed by atoms with E-state index in [0.29, 0.717) is 6.54 Å². The van der Waals surface area contributed by atoms with Gasteiger partial charge in [0.2, 0.25) is 10.0 Å². The largest absolute Gasteiger partial charge is 0.326 e. The molecule has 0 aromatic rings. The Morgan fingerprint density at radius 1 is 1.53 bits per heavy atom. The molecule has 1 heterocycles. The number of nitrogens with two attached hydrogens (primary N) is 1. The fourth-order valence-corrected chi connectivity index (χ4v) is 2.13. The normalized spacial score (nSPS) is 22.7. The highest BCUT2D eigenvalue weighted by molar-refractivity contribution is 7.89. The van der Waals surface area contributed by atoms with Gasteiger partial charge in [-0.3, -0.25) is 0 Å². The molecule has 0 radical (unpaired) electrons. The Bertz CT molecular complexity index is 271. The molecule has 7 heteroatoms. The lowest BCUT2D eigenvalue weighted by molar-refractivity contribution is 0.339. The zero-order chi connectivity index (χ0) is 10.6. The molecular formula is C8H20ClN3O2S. The van der Waals surface area contributed by atoms with Crippen molar-refractivity contribution in [1.82, 2.24) is 9.62 Å². The number of nitrogens with one attached hydrogen (secondary N) is 1. The number of halogens is 1. The van der Waals surface area contributed by atoms with Crippen LogP contribution in [-0.4, -0.2) is 51.3 Å². The molecule has 0 aliphatic carbocycles. The van der Waals surface area contributed by atoms with Gasteiger partial charge in [-0.15, -0.1) is 12.4 Å². The molecule has 0 spiro atoms. The summed E-state index contributed by atoms with van der Waals surface area (Å²) >= 11 is 0. The summed E-state index contributed by atoms with van der Waals surface area (Å²) in [5.41, 5.74) is 5.73. The van der Waals surface area contributed by atoms with Gasteiger partial charge in [-0.2, -0.15) is 0 Å². The predicted octanol–water partition coefficient (Wildman–Crippen LogP) is -0.619. The Kier molecular flexibility index (Phi) is 6.70. The average Bonchev–Trinajstić information content (AvgIpc) is 2.51. The molecule has 0 aromatic heterocycles. The minimum atomic E-state index is -3.03. The summed E-state index contributed by atoms with van der Waals surface area (Å²) in [7, 11) is -3.03. The maximum absolute atomic E-state index is 11.1. The van der Waals surface area contributed by atoms with Gasteiger partial charge in [0.1, 0.15) is 0 Å². The quantitative estimate of drug-likeness (QED) is 0.689. The number of hydrogen-bond acceptors (Lipinski definition) is 4. The molecule has 0 saturated carbocycles. The minimum Gasteiger partial charge on any atom is -0.326 e. The molecule has 1 aliphatic heterocycles. The fourth-order valence-electron chi connectivity index (χ4n) is 1.53. The molecule has 1 fully saturated rings. The zero-order valence-electron chi connectivity index (χ0n) is 8.98. The Morgan fingerprint density at radius 3 is 2.67 bits per heavy atom. The highest BCUT2D eigenvalue weighted by Gasteiger charge is 2.18. The standard InChI is InChI=1S/C8H19N3O2S.ClH/c1-2-14(12,13)10-4-6-11-5-3-8(9)7-11;/h8,10H,2-7,9H2,1H3;1H/t8-;/m1./s1. The lowest BCUT2D eigenvalue weighted by Crippen LogP contribution is -2.35. The molecule has 0 amide bonds. The molecule has 1 atom stereocenters. The second-order valence-corrected chi connectivity index (χ2v) is 5.74. The van der Waals surface area contributed by atoms with Crippen LogP contribution < -0.4 is 10.5 Å². The van der Waals surface area contributed by atoms with E-state index in [-0.39, 0.29) is 24.2 Å². The smallest absolute Gasteiger partial charge is 0.211 e. The van der Waals surface area contributed by atoms with E-state index in [1.54, 1.807) is 6.92 Å². The van der Waals surface area contributed by atoms with Crippen molar-refractivity contribution in [2.75, 3.05) is 31.9 Å². The van der Waals surface area contributed by atoms with Gasteiger partial charge < -0.3 is 10.6 Å². The van der Waals surface area contributed by atoms with Crippen molar-refractivity contribution in [2.45, 2.75) is 19.4 Å². The van der Waals surface area contributed by atoms with E-state index < -0.39 is 10.0 Å². The van der Waals surface area contributed by atoms with E-state index in [9.17, 15) is 8.42 Å². The van der Waals surface area contributed by atoms with Crippen LogP contribution in [0.1, 0.15) is 13.3 Å². The van der Waals surface area contributed by atoms with E-state index in [2.05, 4.69) is 9.62 Å². The SMILES string of the molecule is CCS(=O)(=O)NCCN1CC[C@@H](N)C1.Cl. The van der Waals surface area contributed by atoms with Crippen LogP contribution in [-0.2, 0) is 10.0 Å². The first-order valence-corrected chi connectivity index (χ1v) is 6.64. The average molecular weight is 258 g/mol. The van der Waals surface area contributed by atoms with Gasteiger partial charge in [-0.1, -0.05) is 0 Å². The van der Waals surface area contributed by atoms with Crippen LogP contribution in [0.5, 0.6) is 0 Å². The van der Waals surface area contributed by atoms with Crippen molar-refractivity contribution < 1.29 is 8.42 Å². The van der Waals surface area contributed by atoms with E-state index in [1.165, 1.54) is 0 Å². The van der Waals surface area contributed by atoms with Crippen molar-refractivity contribution in [1.29, 1.82) is 0 Å². The summed E-state index contributed by atoms with van der Waals surface area (Å²) in [5, 5.41) is 0. The monoisotopic (exact) mass is 257 g/mol. The Labute approximate surface area is 97.9 Å². The highest BCUT2D eigenvalue weighted by Crippen LogP contribution is 2.05. The van der Waals surface area contributed by atoms with E-state index >= 15 is 0 Å². The van der Waals surface area contributed by atoms with Crippen LogP contribution in [0.25, 0.3) is 0 Å². The van der Waals surface area contributed by atoms with E-state index in [4.69, 9.17) is 5.73 Å². The number of sulfonamides is 1. The first-order chi connectivity index (χ1) is 6.53. The first kappa shape index (κ1) is 15.1. The summed E-state index contributed by atoms with van der Waals surface area (Å²) in [6.45, 7) is 4.74. The predicted molar refractivity (Wildman–Crippen MR) is 63.7 cm³/mol. The maximum Gasteiger partial charge on any atom is 0.211 e. The summed E-state index contributed by atoms with van der Waals surface area (Å²) in [4.78, 5) is 2.18. The van der Waals surface area contributed by atoms with Crippen molar-refractivity contribution in [3.63, 3.8) is 0 Å². The second kappa shape index (κ2) is 6.65. The van der Waals surface area contributed by atoms with Crippen LogP contribution in [0.2, 0.25) is 0 Å². The number of rotatable bonds is 5. The summed E-state index contributed by atoms with van der Waals surface area (Å²) in [6, 6.07) is 0.262. The van der Waals surface area contributed by atoms with E-state index in [0.717, 1.165) is 26.1 Å². The Balaban J connectivity index is 0.00000196. The van der Waals surface area contributed by atoms with Crippen LogP contribution in [0.3, 0.4) is 0 Å². The molecule has 5 nitrogen and oxygen atoms in total. The third-order valence-electron chi connectivity index (χ3n) is 2.44. The number of hydrogen-bond donors (Lipinski definition) is 2. The van der Waals surface area contributed by atoms with Gasteiger partial charge in [0.15, 0.2) is 0 Å². The first-order valence-electron chi connectivity index (χ1n) is 4.99. The molecule has 1 saturated heterocycles. The third kappa shape index (κ3) is 5.67. The molecule has 15 heavy (non-hydrogen) atoms. The second-order valence-electron chi connectivity index (χ2n) is 3.65. The molecule has 0 unspecified atom stereocenters. The van der Waals surface area contributed by atoms with Gasteiger partial charge >= 0.3 is 0 Å². The fraction of sp³-hybridized carbons (Fsp3) is 1.00. The molecule has 0 bridgehead atoms. The van der Waals surface area contributed by atoms with Gasteiger partial charge in [0.25, 0.3) is 0 Å². The molecule has 1 aliphatic rings. The number of likely N-dealkylation sites (tertiary alicyclic amines) is 1. The Hall–Kier alpha value is 0.120. The molecular weight excluding hydrogens is 238 g/mol. The lowest BCUT2D eigenvalue weighted by atomic mass is 10.3. The number of nitrogens with zero attached hydrogens (tertiary/aromatic N) is 1. The highest BCUT2D eigenvalue weighted by atomic mass is 35.5. The maximum atomic E-state index is 11.1. The third-order valence-corrected chi connectivity index (χ3v) is 3.84. The van der Waals surface area contributed by atoms with Crippen LogP contribution in [0.15, 0.2) is 0 Å². The van der Waals surface area contributed by atoms with E-state index in [1.807, 2.05) is 0 Å². The van der Waals surface area contributed by atoms with Gasteiger partial charge in [-0.05, 0) is 19.9 Å². The van der Waals surface area contributed by atoms with Gasteiger partial charge in [-0.25, -0.2) is 13.1 Å². The van der Waals surface area contributed by atoms with Crippen LogP contribution in [0, 0.1) is 0 Å². The van der Waals surface area contributed by atoms with Gasteiger partial charge in [0.05, 0.1) is 5.75 Å². The molecule has 0 aromatic carbocycles. The summed E-state index contributed by atoms with van der Waals surface area (Å²) < 4.78 is 24.7. The molecule has 1 rings (SSSR count). The summed E-state index contributed by atoms with van der Waals surface area (Å²) in [6.07, 6.45) is 1.01. The van der Waals surface area contributed by atoms with Crippen molar-refractivity contribution in [2.24, 2.45) is 5.73 Å². The van der Waals surface area contributed by atoms with Crippen LogP contribution >= 0.6 is 12.4 Å². The van der Waals surface area contributed by atoms with Gasteiger partial charge in [0, 0.05) is 25.7 Å². The lowest BCUT2D eigenvalue weighted by Gasteiger charge is -2.14.